The molecule has 4 rings (SSSR count). The molecule has 0 bridgehead atoms. The summed E-state index contributed by atoms with van der Waals surface area (Å²) in [5.74, 6) is -0.500. The fourth-order valence-corrected chi connectivity index (χ4v) is 4.67. The Balaban J connectivity index is 1.80. The molecule has 0 aromatic heterocycles. The average molecular weight is 479 g/mol. The van der Waals surface area contributed by atoms with Crippen LogP contribution in [0, 0.1) is 6.92 Å². The van der Waals surface area contributed by atoms with Crippen molar-refractivity contribution < 1.29 is 14.3 Å². The Morgan fingerprint density at radius 2 is 1.73 bits per heavy atom. The fraction of sp³-hybridized carbons (Fsp3) is 0.154. The van der Waals surface area contributed by atoms with Gasteiger partial charge in [0.15, 0.2) is 0 Å². The monoisotopic (exact) mass is 478 g/mol. The van der Waals surface area contributed by atoms with Gasteiger partial charge in [-0.3, -0.25) is 9.59 Å². The van der Waals surface area contributed by atoms with E-state index in [1.807, 2.05) is 62.4 Å². The van der Waals surface area contributed by atoms with Crippen molar-refractivity contribution in [1.29, 1.82) is 0 Å². The molecule has 3 aromatic rings. The van der Waals surface area contributed by atoms with E-state index in [-0.39, 0.29) is 5.70 Å². The van der Waals surface area contributed by atoms with Gasteiger partial charge < -0.3 is 10.1 Å². The van der Waals surface area contributed by atoms with Crippen molar-refractivity contribution in [2.24, 2.45) is 0 Å². The summed E-state index contributed by atoms with van der Waals surface area (Å²) in [6, 6.07) is 20.4. The number of methoxy groups -OCH3 is 1. The Morgan fingerprint density at radius 1 is 1.00 bits per heavy atom. The molecule has 1 heterocycles. The maximum absolute atomic E-state index is 13.6. The van der Waals surface area contributed by atoms with Crippen LogP contribution in [-0.2, 0) is 16.0 Å². The summed E-state index contributed by atoms with van der Waals surface area (Å²) in [6.45, 7) is 4.04. The standard InChI is InChI=1S/C26H23ClN2O3S/c1-4-17-7-5-6-8-20(17)28-23-24(33-19-12-9-16(2)10-13-19)26(31)29(25(23)30)21-15-18(27)11-14-22(21)32-3/h5-15,28H,4H2,1-3H3. The van der Waals surface area contributed by atoms with Crippen LogP contribution >= 0.6 is 23.4 Å². The zero-order valence-corrected chi connectivity index (χ0v) is 20.1. The lowest BCUT2D eigenvalue weighted by atomic mass is 10.1. The van der Waals surface area contributed by atoms with E-state index in [4.69, 9.17) is 16.3 Å². The summed E-state index contributed by atoms with van der Waals surface area (Å²) in [7, 11) is 1.49. The largest absolute Gasteiger partial charge is 0.495 e. The molecule has 2 amide bonds. The second-order valence-corrected chi connectivity index (χ2v) is 9.04. The molecule has 0 fully saturated rings. The first-order valence-corrected chi connectivity index (χ1v) is 11.7. The number of anilines is 2. The molecule has 0 radical (unpaired) electrons. The minimum atomic E-state index is -0.457. The number of para-hydroxylation sites is 1. The molecular weight excluding hydrogens is 456 g/mol. The molecule has 5 nitrogen and oxygen atoms in total. The quantitative estimate of drug-likeness (QED) is 0.409. The molecule has 7 heteroatoms. The van der Waals surface area contributed by atoms with E-state index in [1.165, 1.54) is 18.9 Å². The molecule has 0 saturated heterocycles. The minimum Gasteiger partial charge on any atom is -0.495 e. The number of nitrogens with one attached hydrogen (secondary N) is 1. The molecule has 168 valence electrons. The van der Waals surface area contributed by atoms with Gasteiger partial charge in [-0.2, -0.15) is 0 Å². The number of ether oxygens (including phenoxy) is 1. The number of halogens is 1. The first kappa shape index (κ1) is 23.0. The molecular formula is C26H23ClN2O3S. The molecule has 1 aliphatic heterocycles. The number of carbonyl (C=O) groups excluding carboxylic acids is 2. The number of hydrogen-bond donors (Lipinski definition) is 1. The summed E-state index contributed by atoms with van der Waals surface area (Å²) < 4.78 is 5.42. The smallest absolute Gasteiger partial charge is 0.283 e. The summed E-state index contributed by atoms with van der Waals surface area (Å²) in [5.41, 5.74) is 3.49. The molecule has 33 heavy (non-hydrogen) atoms. The number of carbonyl (C=O) groups is 2. The molecule has 3 aromatic carbocycles. The summed E-state index contributed by atoms with van der Waals surface area (Å²) in [5, 5.41) is 3.65. The molecule has 1 aliphatic rings. The highest BCUT2D eigenvalue weighted by Crippen LogP contribution is 2.41. The Hall–Kier alpha value is -3.22. The van der Waals surface area contributed by atoms with Gasteiger partial charge in [-0.25, -0.2) is 4.90 Å². The third kappa shape index (κ3) is 4.63. The topological polar surface area (TPSA) is 58.6 Å². The van der Waals surface area contributed by atoms with Gasteiger partial charge in [0.1, 0.15) is 16.4 Å². The van der Waals surface area contributed by atoms with Gasteiger partial charge in [0, 0.05) is 15.6 Å². The van der Waals surface area contributed by atoms with Gasteiger partial charge in [-0.15, -0.1) is 0 Å². The molecule has 0 atom stereocenters. The highest BCUT2D eigenvalue weighted by atomic mass is 35.5. The zero-order chi connectivity index (χ0) is 23.5. The van der Waals surface area contributed by atoms with E-state index < -0.39 is 11.8 Å². The molecule has 0 aliphatic carbocycles. The van der Waals surface area contributed by atoms with Gasteiger partial charge in [-0.05, 0) is 55.3 Å². The number of amides is 2. The number of benzene rings is 3. The van der Waals surface area contributed by atoms with Crippen LogP contribution in [0.5, 0.6) is 5.75 Å². The summed E-state index contributed by atoms with van der Waals surface area (Å²) in [6.07, 6.45) is 0.783. The molecule has 0 spiro atoms. The van der Waals surface area contributed by atoms with Crippen LogP contribution in [0.2, 0.25) is 5.02 Å². The SMILES string of the molecule is CCc1ccccc1NC1=C(Sc2ccc(C)cc2)C(=O)N(c2cc(Cl)ccc2OC)C1=O. The predicted molar refractivity (Wildman–Crippen MR) is 134 cm³/mol. The van der Waals surface area contributed by atoms with Crippen LogP contribution in [0.1, 0.15) is 18.1 Å². The van der Waals surface area contributed by atoms with Crippen molar-refractivity contribution in [2.45, 2.75) is 25.2 Å². The Bertz CT molecular complexity index is 1250. The third-order valence-corrected chi connectivity index (χ3v) is 6.65. The normalized spacial score (nSPS) is 13.6. The number of nitrogens with zero attached hydrogens (tertiary/aromatic N) is 1. The Morgan fingerprint density at radius 3 is 2.42 bits per heavy atom. The molecule has 1 N–H and O–H groups in total. The second-order valence-electron chi connectivity index (χ2n) is 7.52. The maximum atomic E-state index is 13.6. The van der Waals surface area contributed by atoms with E-state index in [0.717, 1.165) is 33.0 Å². The fourth-order valence-electron chi connectivity index (χ4n) is 3.58. The maximum Gasteiger partial charge on any atom is 0.283 e. The van der Waals surface area contributed by atoms with Crippen LogP contribution in [-0.4, -0.2) is 18.9 Å². The minimum absolute atomic E-state index is 0.230. The highest BCUT2D eigenvalue weighted by molar-refractivity contribution is 8.04. The average Bonchev–Trinajstić information content (AvgIpc) is 3.04. The van der Waals surface area contributed by atoms with Crippen molar-refractivity contribution in [1.82, 2.24) is 0 Å². The number of aryl methyl sites for hydroxylation is 2. The van der Waals surface area contributed by atoms with E-state index in [9.17, 15) is 9.59 Å². The highest BCUT2D eigenvalue weighted by Gasteiger charge is 2.41. The van der Waals surface area contributed by atoms with Crippen molar-refractivity contribution in [3.05, 3.63) is 93.5 Å². The van der Waals surface area contributed by atoms with E-state index in [2.05, 4.69) is 5.32 Å². The first-order valence-electron chi connectivity index (χ1n) is 10.5. The predicted octanol–water partition coefficient (Wildman–Crippen LogP) is 6.21. The van der Waals surface area contributed by atoms with Crippen LogP contribution in [0.15, 0.2) is 82.2 Å². The number of rotatable bonds is 7. The number of imide groups is 1. The van der Waals surface area contributed by atoms with Gasteiger partial charge >= 0.3 is 0 Å². The van der Waals surface area contributed by atoms with Crippen molar-refractivity contribution >= 4 is 46.6 Å². The van der Waals surface area contributed by atoms with Crippen LogP contribution in [0.25, 0.3) is 0 Å². The van der Waals surface area contributed by atoms with Crippen molar-refractivity contribution in [2.75, 3.05) is 17.3 Å². The summed E-state index contributed by atoms with van der Waals surface area (Å²) in [4.78, 5) is 29.5. The van der Waals surface area contributed by atoms with Gasteiger partial charge in [-0.1, -0.05) is 66.2 Å². The number of hydrogen-bond acceptors (Lipinski definition) is 5. The van der Waals surface area contributed by atoms with Gasteiger partial charge in [0.25, 0.3) is 11.8 Å². The van der Waals surface area contributed by atoms with Crippen LogP contribution in [0.4, 0.5) is 11.4 Å². The molecule has 0 unspecified atom stereocenters. The summed E-state index contributed by atoms with van der Waals surface area (Å²) >= 11 is 7.46. The van der Waals surface area contributed by atoms with E-state index in [0.29, 0.717) is 21.4 Å². The first-order chi connectivity index (χ1) is 15.9. The lowest BCUT2D eigenvalue weighted by Gasteiger charge is -2.19. The van der Waals surface area contributed by atoms with Crippen molar-refractivity contribution in [3.63, 3.8) is 0 Å². The van der Waals surface area contributed by atoms with E-state index in [1.54, 1.807) is 18.2 Å². The third-order valence-electron chi connectivity index (χ3n) is 5.32. The van der Waals surface area contributed by atoms with Crippen molar-refractivity contribution in [3.8, 4) is 5.75 Å². The van der Waals surface area contributed by atoms with E-state index >= 15 is 0 Å². The second kappa shape index (κ2) is 9.73. The van der Waals surface area contributed by atoms with Gasteiger partial charge in [0.05, 0.1) is 12.8 Å². The van der Waals surface area contributed by atoms with Gasteiger partial charge in [0.2, 0.25) is 0 Å². The lowest BCUT2D eigenvalue weighted by Crippen LogP contribution is -2.32. The molecule has 0 saturated carbocycles. The Labute approximate surface area is 202 Å². The Kier molecular flexibility index (Phi) is 6.77. The zero-order valence-electron chi connectivity index (χ0n) is 18.5. The van der Waals surface area contributed by atoms with Crippen LogP contribution in [0.3, 0.4) is 0 Å². The van der Waals surface area contributed by atoms with Crippen LogP contribution < -0.4 is 15.0 Å². The lowest BCUT2D eigenvalue weighted by molar-refractivity contribution is -0.120. The number of thioether (sulfide) groups is 1.